The molecule has 0 aliphatic heterocycles. The monoisotopic (exact) mass is 267 g/mol. The minimum atomic E-state index is -0.535. The molecule has 0 saturated heterocycles. The van der Waals surface area contributed by atoms with Crippen LogP contribution >= 0.6 is 0 Å². The summed E-state index contributed by atoms with van der Waals surface area (Å²) in [6.07, 6.45) is 6.50. The Morgan fingerprint density at radius 1 is 1.42 bits per heavy atom. The summed E-state index contributed by atoms with van der Waals surface area (Å²) in [7, 11) is 0. The molecule has 0 radical (unpaired) electrons. The molecule has 0 spiro atoms. The van der Waals surface area contributed by atoms with Crippen molar-refractivity contribution in [2.45, 2.75) is 51.7 Å². The second kappa shape index (κ2) is 5.25. The van der Waals surface area contributed by atoms with Crippen molar-refractivity contribution in [2.75, 3.05) is 13.2 Å². The van der Waals surface area contributed by atoms with Gasteiger partial charge in [-0.2, -0.15) is 0 Å². The van der Waals surface area contributed by atoms with Gasteiger partial charge in [-0.25, -0.2) is 0 Å². The summed E-state index contributed by atoms with van der Waals surface area (Å²) in [4.78, 5) is 12.3. The Morgan fingerprint density at radius 3 is 2.53 bits per heavy atom. The largest absolute Gasteiger partial charge is 0.394 e. The van der Waals surface area contributed by atoms with E-state index in [1.807, 2.05) is 19.1 Å². The average Bonchev–Trinajstić information content (AvgIpc) is 2.90. The first-order valence-corrected chi connectivity index (χ1v) is 7.16. The maximum Gasteiger partial charge on any atom is 0.224 e. The Balaban J connectivity index is 2.02. The number of ether oxygens (including phenoxy) is 1. The van der Waals surface area contributed by atoms with Crippen LogP contribution in [-0.2, 0) is 9.53 Å². The molecular weight excluding hydrogens is 242 g/mol. The average molecular weight is 267 g/mol. The van der Waals surface area contributed by atoms with Gasteiger partial charge in [-0.1, -0.05) is 26.0 Å². The molecule has 2 aliphatic carbocycles. The standard InChI is InChI=1S/C15H25NO3/c1-4-19-12-9-15(10-17,14(12,2)3)16-13(18)11-7-5-6-8-11/h5-6,11-12,17H,4,7-10H2,1-3H3,(H,16,18)/t12-,15-/m1/s1. The summed E-state index contributed by atoms with van der Waals surface area (Å²) in [5, 5.41) is 12.9. The quantitative estimate of drug-likeness (QED) is 0.744. The van der Waals surface area contributed by atoms with Gasteiger partial charge >= 0.3 is 0 Å². The molecule has 4 heteroatoms. The first-order valence-electron chi connectivity index (χ1n) is 7.16. The van der Waals surface area contributed by atoms with Crippen LogP contribution in [0.25, 0.3) is 0 Å². The highest BCUT2D eigenvalue weighted by Crippen LogP contribution is 2.51. The lowest BCUT2D eigenvalue weighted by Gasteiger charge is -2.60. The molecule has 108 valence electrons. The number of nitrogens with one attached hydrogen (secondary N) is 1. The van der Waals surface area contributed by atoms with E-state index < -0.39 is 5.54 Å². The predicted octanol–water partition coefficient (Wildman–Crippen LogP) is 1.63. The minimum absolute atomic E-state index is 0.0323. The predicted molar refractivity (Wildman–Crippen MR) is 73.6 cm³/mol. The van der Waals surface area contributed by atoms with E-state index in [-0.39, 0.29) is 30.0 Å². The van der Waals surface area contributed by atoms with Gasteiger partial charge in [0.05, 0.1) is 18.2 Å². The lowest BCUT2D eigenvalue weighted by Crippen LogP contribution is -2.74. The maximum absolute atomic E-state index is 12.3. The van der Waals surface area contributed by atoms with Crippen molar-refractivity contribution in [3.63, 3.8) is 0 Å². The molecule has 4 nitrogen and oxygen atoms in total. The van der Waals surface area contributed by atoms with E-state index in [4.69, 9.17) is 4.74 Å². The van der Waals surface area contributed by atoms with Crippen LogP contribution in [0.2, 0.25) is 0 Å². The van der Waals surface area contributed by atoms with Crippen LogP contribution in [0.3, 0.4) is 0 Å². The molecule has 1 saturated carbocycles. The third-order valence-corrected chi connectivity index (χ3v) is 4.95. The van der Waals surface area contributed by atoms with Gasteiger partial charge in [0.15, 0.2) is 0 Å². The number of carbonyl (C=O) groups is 1. The molecule has 0 aromatic heterocycles. The number of carbonyl (C=O) groups excluding carboxylic acids is 1. The van der Waals surface area contributed by atoms with Crippen LogP contribution in [0.15, 0.2) is 12.2 Å². The second-order valence-electron chi connectivity index (χ2n) is 6.24. The molecule has 0 heterocycles. The van der Waals surface area contributed by atoms with E-state index in [9.17, 15) is 9.90 Å². The van der Waals surface area contributed by atoms with Gasteiger partial charge in [-0.05, 0) is 19.8 Å². The maximum atomic E-state index is 12.3. The summed E-state index contributed by atoms with van der Waals surface area (Å²) in [6, 6.07) is 0. The van der Waals surface area contributed by atoms with Crippen LogP contribution in [-0.4, -0.2) is 35.9 Å². The Labute approximate surface area is 115 Å². The molecule has 0 aromatic rings. The zero-order valence-corrected chi connectivity index (χ0v) is 12.1. The van der Waals surface area contributed by atoms with Crippen molar-refractivity contribution in [1.29, 1.82) is 0 Å². The topological polar surface area (TPSA) is 58.6 Å². The SMILES string of the molecule is CCO[C@@H]1C[C@](CO)(NC(=O)C2CC=CC2)C1(C)C. The molecule has 0 bridgehead atoms. The van der Waals surface area contributed by atoms with Crippen molar-refractivity contribution in [1.82, 2.24) is 5.32 Å². The molecule has 19 heavy (non-hydrogen) atoms. The fourth-order valence-electron chi connectivity index (χ4n) is 3.17. The van der Waals surface area contributed by atoms with Gasteiger partial charge < -0.3 is 15.2 Å². The summed E-state index contributed by atoms with van der Waals surface area (Å²) < 4.78 is 5.68. The Bertz CT molecular complexity index is 370. The smallest absolute Gasteiger partial charge is 0.224 e. The van der Waals surface area contributed by atoms with Crippen molar-refractivity contribution in [2.24, 2.45) is 11.3 Å². The van der Waals surface area contributed by atoms with Gasteiger partial charge in [0.25, 0.3) is 0 Å². The highest BCUT2D eigenvalue weighted by molar-refractivity contribution is 5.80. The number of allylic oxidation sites excluding steroid dienone is 2. The van der Waals surface area contributed by atoms with Crippen LogP contribution in [0.4, 0.5) is 0 Å². The second-order valence-corrected chi connectivity index (χ2v) is 6.24. The van der Waals surface area contributed by atoms with E-state index in [1.54, 1.807) is 0 Å². The fourth-order valence-corrected chi connectivity index (χ4v) is 3.17. The molecule has 0 unspecified atom stereocenters. The lowest BCUT2D eigenvalue weighted by molar-refractivity contribution is -0.182. The molecule has 2 N–H and O–H groups in total. The van der Waals surface area contributed by atoms with E-state index in [0.717, 1.165) is 12.8 Å². The summed E-state index contributed by atoms with van der Waals surface area (Å²) in [5.74, 6) is 0.0902. The van der Waals surface area contributed by atoms with E-state index >= 15 is 0 Å². The molecule has 2 aliphatic rings. The number of amides is 1. The molecule has 2 rings (SSSR count). The van der Waals surface area contributed by atoms with Gasteiger partial charge in [0.2, 0.25) is 5.91 Å². The summed E-state index contributed by atoms with van der Waals surface area (Å²) >= 11 is 0. The van der Waals surface area contributed by atoms with Crippen LogP contribution in [0.1, 0.15) is 40.0 Å². The van der Waals surface area contributed by atoms with Crippen LogP contribution in [0.5, 0.6) is 0 Å². The summed E-state index contributed by atoms with van der Waals surface area (Å²) in [6.45, 7) is 6.71. The molecular formula is C15H25NO3. The Morgan fingerprint density at radius 2 is 2.05 bits per heavy atom. The molecule has 2 atom stereocenters. The highest BCUT2D eigenvalue weighted by Gasteiger charge is 2.61. The normalized spacial score (nSPS) is 33.2. The lowest BCUT2D eigenvalue weighted by atomic mass is 9.54. The van der Waals surface area contributed by atoms with Crippen molar-refractivity contribution in [3.05, 3.63) is 12.2 Å². The number of hydrogen-bond donors (Lipinski definition) is 2. The Kier molecular flexibility index (Phi) is 4.02. The molecule has 0 aromatic carbocycles. The van der Waals surface area contributed by atoms with Crippen molar-refractivity contribution >= 4 is 5.91 Å². The van der Waals surface area contributed by atoms with E-state index in [0.29, 0.717) is 13.0 Å². The zero-order valence-electron chi connectivity index (χ0n) is 12.1. The van der Waals surface area contributed by atoms with E-state index in [2.05, 4.69) is 19.2 Å². The highest BCUT2D eigenvalue weighted by atomic mass is 16.5. The van der Waals surface area contributed by atoms with Gasteiger partial charge in [-0.3, -0.25) is 4.79 Å². The van der Waals surface area contributed by atoms with Crippen molar-refractivity contribution < 1.29 is 14.6 Å². The van der Waals surface area contributed by atoms with Crippen LogP contribution < -0.4 is 5.32 Å². The van der Waals surface area contributed by atoms with E-state index in [1.165, 1.54) is 0 Å². The van der Waals surface area contributed by atoms with Crippen LogP contribution in [0, 0.1) is 11.3 Å². The number of rotatable bonds is 5. The first-order chi connectivity index (χ1) is 8.97. The fraction of sp³-hybridized carbons (Fsp3) is 0.800. The minimum Gasteiger partial charge on any atom is -0.394 e. The van der Waals surface area contributed by atoms with Gasteiger partial charge in [-0.15, -0.1) is 0 Å². The molecule has 1 fully saturated rings. The Hall–Kier alpha value is -0.870. The number of hydrogen-bond acceptors (Lipinski definition) is 3. The molecule has 1 amide bonds. The number of aliphatic hydroxyl groups is 1. The first kappa shape index (κ1) is 14.5. The van der Waals surface area contributed by atoms with Crippen molar-refractivity contribution in [3.8, 4) is 0 Å². The van der Waals surface area contributed by atoms with Gasteiger partial charge in [0.1, 0.15) is 0 Å². The third kappa shape index (κ3) is 2.32. The van der Waals surface area contributed by atoms with Gasteiger partial charge in [0, 0.05) is 24.4 Å². The zero-order chi connectivity index (χ0) is 14.1. The summed E-state index contributed by atoms with van der Waals surface area (Å²) in [5.41, 5.74) is -0.772. The number of aliphatic hydroxyl groups excluding tert-OH is 1. The third-order valence-electron chi connectivity index (χ3n) is 4.95.